The number of hydrogen-bond acceptors (Lipinski definition) is 1. The van der Waals surface area contributed by atoms with Crippen LogP contribution in [0.25, 0.3) is 0 Å². The third-order valence-corrected chi connectivity index (χ3v) is 1.68. The molecule has 1 aromatic rings. The highest BCUT2D eigenvalue weighted by atomic mass is 35.5. The van der Waals surface area contributed by atoms with Gasteiger partial charge in [0.15, 0.2) is 0 Å². The molecule has 12 heavy (non-hydrogen) atoms. The normalized spacial score (nSPS) is 9.92. The quantitative estimate of drug-likeness (QED) is 0.397. The maximum Gasteiger partial charge on any atom is 0.142 e. The fourth-order valence-corrected chi connectivity index (χ4v) is 1.03. The second-order valence-corrected chi connectivity index (χ2v) is 2.51. The van der Waals surface area contributed by atoms with Gasteiger partial charge in [0.25, 0.3) is 0 Å². The molecule has 3 N–H and O–H groups in total. The van der Waals surface area contributed by atoms with Gasteiger partial charge in [-0.25, -0.2) is 8.78 Å². The van der Waals surface area contributed by atoms with Gasteiger partial charge in [0.05, 0.1) is 10.6 Å². The molecular formula is C7H5ClF2N2. The first-order valence-electron chi connectivity index (χ1n) is 3.02. The van der Waals surface area contributed by atoms with E-state index in [0.29, 0.717) is 0 Å². The predicted molar refractivity (Wildman–Crippen MR) is 42.4 cm³/mol. The molecule has 0 aromatic heterocycles. The lowest BCUT2D eigenvalue weighted by Crippen LogP contribution is -2.14. The minimum absolute atomic E-state index is 0.392. The summed E-state index contributed by atoms with van der Waals surface area (Å²) in [6, 6.07) is 1.75. The van der Waals surface area contributed by atoms with Crippen LogP contribution >= 0.6 is 11.6 Å². The van der Waals surface area contributed by atoms with E-state index in [1.54, 1.807) is 0 Å². The average molecular weight is 191 g/mol. The second kappa shape index (κ2) is 3.06. The number of halogens is 3. The molecule has 0 aliphatic carbocycles. The Morgan fingerprint density at radius 3 is 2.25 bits per heavy atom. The minimum Gasteiger partial charge on any atom is -0.384 e. The van der Waals surface area contributed by atoms with E-state index in [0.717, 1.165) is 12.1 Å². The van der Waals surface area contributed by atoms with Crippen molar-refractivity contribution in [3.8, 4) is 0 Å². The summed E-state index contributed by atoms with van der Waals surface area (Å²) in [6.45, 7) is 0. The molecule has 0 saturated heterocycles. The fraction of sp³-hybridized carbons (Fsp3) is 0. The zero-order valence-electron chi connectivity index (χ0n) is 5.87. The van der Waals surface area contributed by atoms with E-state index >= 15 is 0 Å². The number of nitrogens with two attached hydrogens (primary N) is 1. The van der Waals surface area contributed by atoms with E-state index in [1.165, 1.54) is 0 Å². The monoisotopic (exact) mass is 190 g/mol. The van der Waals surface area contributed by atoms with E-state index in [9.17, 15) is 8.78 Å². The number of amidine groups is 1. The van der Waals surface area contributed by atoms with Gasteiger partial charge in [-0.3, -0.25) is 5.41 Å². The van der Waals surface area contributed by atoms with Crippen LogP contribution in [0, 0.1) is 17.0 Å². The fourth-order valence-electron chi connectivity index (χ4n) is 0.774. The van der Waals surface area contributed by atoms with Crippen molar-refractivity contribution in [3.63, 3.8) is 0 Å². The lowest BCUT2D eigenvalue weighted by Gasteiger charge is -2.03. The zero-order chi connectivity index (χ0) is 9.30. The maximum atomic E-state index is 12.8. The summed E-state index contributed by atoms with van der Waals surface area (Å²) in [4.78, 5) is 0. The summed E-state index contributed by atoms with van der Waals surface area (Å²) in [6.07, 6.45) is 0. The van der Waals surface area contributed by atoms with Crippen LogP contribution in [0.3, 0.4) is 0 Å². The molecule has 0 unspecified atom stereocenters. The van der Waals surface area contributed by atoms with Gasteiger partial charge in [0.2, 0.25) is 0 Å². The topological polar surface area (TPSA) is 49.9 Å². The highest BCUT2D eigenvalue weighted by molar-refractivity contribution is 6.34. The van der Waals surface area contributed by atoms with Crippen LogP contribution in [0.15, 0.2) is 12.1 Å². The smallest absolute Gasteiger partial charge is 0.142 e. The van der Waals surface area contributed by atoms with E-state index in [4.69, 9.17) is 22.7 Å². The lowest BCUT2D eigenvalue weighted by molar-refractivity contribution is 0.598. The van der Waals surface area contributed by atoms with Crippen molar-refractivity contribution >= 4 is 17.4 Å². The summed E-state index contributed by atoms with van der Waals surface area (Å²) < 4.78 is 25.5. The molecule has 0 bridgehead atoms. The Morgan fingerprint density at radius 1 is 1.33 bits per heavy atom. The molecule has 0 aliphatic rings. The van der Waals surface area contributed by atoms with Gasteiger partial charge >= 0.3 is 0 Å². The SMILES string of the molecule is N=C(N)c1c(F)ccc(F)c1Cl. The molecule has 0 spiro atoms. The molecule has 0 aliphatic heterocycles. The predicted octanol–water partition coefficient (Wildman–Crippen LogP) is 1.90. The van der Waals surface area contributed by atoms with E-state index in [2.05, 4.69) is 0 Å². The molecule has 0 radical (unpaired) electrons. The Balaban J connectivity index is 3.43. The molecule has 0 atom stereocenters. The number of benzene rings is 1. The van der Waals surface area contributed by atoms with Crippen LogP contribution < -0.4 is 5.73 Å². The van der Waals surface area contributed by atoms with E-state index < -0.39 is 28.1 Å². The molecule has 1 aromatic carbocycles. The van der Waals surface area contributed by atoms with Crippen molar-refractivity contribution in [2.45, 2.75) is 0 Å². The molecule has 5 heteroatoms. The minimum atomic E-state index is -0.797. The van der Waals surface area contributed by atoms with Gasteiger partial charge in [-0.1, -0.05) is 11.6 Å². The van der Waals surface area contributed by atoms with Crippen LogP contribution in [0.2, 0.25) is 5.02 Å². The highest BCUT2D eigenvalue weighted by Crippen LogP contribution is 2.21. The molecule has 2 nitrogen and oxygen atoms in total. The van der Waals surface area contributed by atoms with Gasteiger partial charge in [0.1, 0.15) is 17.5 Å². The molecule has 1 rings (SSSR count). The first kappa shape index (κ1) is 8.93. The average Bonchev–Trinajstić information content (AvgIpc) is 1.97. The second-order valence-electron chi connectivity index (χ2n) is 2.13. The van der Waals surface area contributed by atoms with Gasteiger partial charge in [-0.15, -0.1) is 0 Å². The van der Waals surface area contributed by atoms with Crippen molar-refractivity contribution < 1.29 is 8.78 Å². The van der Waals surface area contributed by atoms with Crippen LogP contribution in [-0.4, -0.2) is 5.84 Å². The molecule has 64 valence electrons. The summed E-state index contributed by atoms with van der Waals surface area (Å²) in [5.41, 5.74) is 4.58. The molecule has 0 saturated carbocycles. The number of hydrogen-bond donors (Lipinski definition) is 2. The largest absolute Gasteiger partial charge is 0.384 e. The van der Waals surface area contributed by atoms with Gasteiger partial charge < -0.3 is 5.73 Å². The summed E-state index contributed by atoms with van der Waals surface area (Å²) in [7, 11) is 0. The third kappa shape index (κ3) is 1.38. The lowest BCUT2D eigenvalue weighted by atomic mass is 10.2. The molecule has 0 heterocycles. The Kier molecular flexibility index (Phi) is 2.28. The first-order chi connectivity index (χ1) is 5.54. The van der Waals surface area contributed by atoms with Gasteiger partial charge in [-0.05, 0) is 12.1 Å². The molecule has 0 amide bonds. The summed E-state index contributed by atoms with van der Waals surface area (Å²) in [5.74, 6) is -2.17. The first-order valence-corrected chi connectivity index (χ1v) is 3.39. The van der Waals surface area contributed by atoms with Crippen LogP contribution in [0.1, 0.15) is 5.56 Å². The van der Waals surface area contributed by atoms with Crippen molar-refractivity contribution in [1.29, 1.82) is 5.41 Å². The van der Waals surface area contributed by atoms with E-state index in [-0.39, 0.29) is 0 Å². The summed E-state index contributed by atoms with van der Waals surface area (Å²) >= 11 is 5.36. The maximum absolute atomic E-state index is 12.8. The van der Waals surface area contributed by atoms with Crippen molar-refractivity contribution in [1.82, 2.24) is 0 Å². The summed E-state index contributed by atoms with van der Waals surface area (Å²) in [5, 5.41) is 6.44. The number of nitrogen functional groups attached to an aromatic ring is 1. The van der Waals surface area contributed by atoms with Crippen molar-refractivity contribution in [2.24, 2.45) is 5.73 Å². The molecular weight excluding hydrogens is 186 g/mol. The third-order valence-electron chi connectivity index (χ3n) is 1.31. The van der Waals surface area contributed by atoms with Crippen LogP contribution in [0.4, 0.5) is 8.78 Å². The molecule has 0 fully saturated rings. The van der Waals surface area contributed by atoms with Crippen molar-refractivity contribution in [2.75, 3.05) is 0 Å². The Labute approximate surface area is 72.5 Å². The highest BCUT2D eigenvalue weighted by Gasteiger charge is 2.13. The Morgan fingerprint density at radius 2 is 1.83 bits per heavy atom. The van der Waals surface area contributed by atoms with Crippen LogP contribution in [0.5, 0.6) is 0 Å². The van der Waals surface area contributed by atoms with Crippen LogP contribution in [-0.2, 0) is 0 Å². The van der Waals surface area contributed by atoms with E-state index in [1.807, 2.05) is 0 Å². The van der Waals surface area contributed by atoms with Gasteiger partial charge in [-0.2, -0.15) is 0 Å². The number of nitrogens with one attached hydrogen (secondary N) is 1. The standard InChI is InChI=1S/C7H5ClF2N2/c8-6-4(10)2-1-3(9)5(6)7(11)12/h1-2H,(H3,11,12). The van der Waals surface area contributed by atoms with Gasteiger partial charge in [0, 0.05) is 0 Å². The zero-order valence-corrected chi connectivity index (χ0v) is 6.62. The Bertz CT molecular complexity index is 338. The van der Waals surface area contributed by atoms with Crippen molar-refractivity contribution in [3.05, 3.63) is 34.4 Å². The Hall–Kier alpha value is -1.16. The number of rotatable bonds is 1.